The first-order valence-corrected chi connectivity index (χ1v) is 8.99. The van der Waals surface area contributed by atoms with Crippen LogP contribution in [0.4, 0.5) is 13.2 Å². The molecule has 0 N–H and O–H groups in total. The number of unbranched alkanes of at least 4 members (excludes halogenated alkanes) is 1. The molecule has 0 saturated heterocycles. The SMILES string of the molecule is CCCCOc1ccc(-c2ccccc2-c2cccc(C(F)(F)F)c2)cc1. The quantitative estimate of drug-likeness (QED) is 0.416. The standard InChI is InChI=1S/C23H21F3O/c1-2-3-15-27-20-13-11-17(12-14-20)21-9-4-5-10-22(21)18-7-6-8-19(16-18)23(24,25)26/h4-14,16H,2-3,15H2,1H3. The maximum absolute atomic E-state index is 13.1. The smallest absolute Gasteiger partial charge is 0.416 e. The molecule has 0 saturated carbocycles. The van der Waals surface area contributed by atoms with Crippen molar-refractivity contribution in [2.24, 2.45) is 0 Å². The van der Waals surface area contributed by atoms with Gasteiger partial charge in [-0.3, -0.25) is 0 Å². The van der Waals surface area contributed by atoms with Crippen LogP contribution >= 0.6 is 0 Å². The van der Waals surface area contributed by atoms with E-state index in [1.807, 2.05) is 48.5 Å². The Kier molecular flexibility index (Phi) is 5.84. The molecule has 3 rings (SSSR count). The van der Waals surface area contributed by atoms with Crippen molar-refractivity contribution in [2.45, 2.75) is 25.9 Å². The van der Waals surface area contributed by atoms with Crippen molar-refractivity contribution in [1.29, 1.82) is 0 Å². The van der Waals surface area contributed by atoms with Gasteiger partial charge in [-0.05, 0) is 52.9 Å². The van der Waals surface area contributed by atoms with Crippen molar-refractivity contribution >= 4 is 0 Å². The molecule has 0 spiro atoms. The topological polar surface area (TPSA) is 9.23 Å². The largest absolute Gasteiger partial charge is 0.494 e. The summed E-state index contributed by atoms with van der Waals surface area (Å²) in [5.74, 6) is 0.795. The average Bonchev–Trinajstić information content (AvgIpc) is 2.68. The Balaban J connectivity index is 1.93. The van der Waals surface area contributed by atoms with Gasteiger partial charge in [-0.2, -0.15) is 13.2 Å². The van der Waals surface area contributed by atoms with Crippen LogP contribution in [0, 0.1) is 0 Å². The summed E-state index contributed by atoms with van der Waals surface area (Å²) in [5, 5.41) is 0. The summed E-state index contributed by atoms with van der Waals surface area (Å²) < 4.78 is 44.9. The predicted molar refractivity (Wildman–Crippen MR) is 103 cm³/mol. The van der Waals surface area contributed by atoms with E-state index in [2.05, 4.69) is 6.92 Å². The summed E-state index contributed by atoms with van der Waals surface area (Å²) in [6, 6.07) is 20.6. The maximum atomic E-state index is 13.1. The van der Waals surface area contributed by atoms with Gasteiger partial charge in [0.2, 0.25) is 0 Å². The highest BCUT2D eigenvalue weighted by Gasteiger charge is 2.30. The van der Waals surface area contributed by atoms with Crippen LogP contribution in [-0.2, 0) is 6.18 Å². The van der Waals surface area contributed by atoms with Crippen LogP contribution in [0.3, 0.4) is 0 Å². The van der Waals surface area contributed by atoms with Gasteiger partial charge in [0.05, 0.1) is 12.2 Å². The minimum absolute atomic E-state index is 0.545. The van der Waals surface area contributed by atoms with Crippen LogP contribution in [0.2, 0.25) is 0 Å². The Bertz CT molecular complexity index is 883. The van der Waals surface area contributed by atoms with Crippen LogP contribution in [0.15, 0.2) is 72.8 Å². The Morgan fingerprint density at radius 3 is 2.07 bits per heavy atom. The lowest BCUT2D eigenvalue weighted by molar-refractivity contribution is -0.137. The van der Waals surface area contributed by atoms with Crippen LogP contribution < -0.4 is 4.74 Å². The highest BCUT2D eigenvalue weighted by molar-refractivity contribution is 5.83. The molecule has 0 aromatic heterocycles. The van der Waals surface area contributed by atoms with Crippen LogP contribution in [0.1, 0.15) is 25.3 Å². The number of ether oxygens (including phenoxy) is 1. The van der Waals surface area contributed by atoms with Crippen molar-refractivity contribution in [1.82, 2.24) is 0 Å². The lowest BCUT2D eigenvalue weighted by Gasteiger charge is -2.13. The Morgan fingerprint density at radius 1 is 0.778 bits per heavy atom. The van der Waals surface area contributed by atoms with Crippen molar-refractivity contribution in [2.75, 3.05) is 6.61 Å². The van der Waals surface area contributed by atoms with Gasteiger partial charge in [-0.25, -0.2) is 0 Å². The van der Waals surface area contributed by atoms with E-state index >= 15 is 0 Å². The highest BCUT2D eigenvalue weighted by atomic mass is 19.4. The van der Waals surface area contributed by atoms with Gasteiger partial charge in [0.1, 0.15) is 5.75 Å². The summed E-state index contributed by atoms with van der Waals surface area (Å²) in [6.45, 7) is 2.79. The summed E-state index contributed by atoms with van der Waals surface area (Å²) in [4.78, 5) is 0. The summed E-state index contributed by atoms with van der Waals surface area (Å²) >= 11 is 0. The van der Waals surface area contributed by atoms with E-state index in [1.54, 1.807) is 6.07 Å². The number of alkyl halides is 3. The van der Waals surface area contributed by atoms with E-state index < -0.39 is 11.7 Å². The molecule has 0 aliphatic heterocycles. The third kappa shape index (κ3) is 4.70. The second kappa shape index (κ2) is 8.30. The molecule has 4 heteroatoms. The van der Waals surface area contributed by atoms with Crippen molar-refractivity contribution < 1.29 is 17.9 Å². The first kappa shape index (κ1) is 19.0. The molecule has 0 radical (unpaired) electrons. The average molecular weight is 370 g/mol. The zero-order valence-electron chi connectivity index (χ0n) is 15.1. The van der Waals surface area contributed by atoms with Gasteiger partial charge in [0, 0.05) is 0 Å². The van der Waals surface area contributed by atoms with Gasteiger partial charge < -0.3 is 4.74 Å². The highest BCUT2D eigenvalue weighted by Crippen LogP contribution is 2.36. The molecule has 3 aromatic rings. The monoisotopic (exact) mass is 370 g/mol. The number of halogens is 3. The minimum atomic E-state index is -4.36. The van der Waals surface area contributed by atoms with Crippen molar-refractivity contribution in [3.05, 3.63) is 78.4 Å². The molecule has 0 bridgehead atoms. The van der Waals surface area contributed by atoms with Gasteiger partial charge in [0.25, 0.3) is 0 Å². The molecule has 0 amide bonds. The molecule has 3 aromatic carbocycles. The molecular formula is C23H21F3O. The molecule has 0 atom stereocenters. The fraction of sp³-hybridized carbons (Fsp3) is 0.217. The molecule has 0 fully saturated rings. The van der Waals surface area contributed by atoms with Gasteiger partial charge in [-0.15, -0.1) is 0 Å². The van der Waals surface area contributed by atoms with Crippen molar-refractivity contribution in [3.8, 4) is 28.0 Å². The summed E-state index contributed by atoms with van der Waals surface area (Å²) in [7, 11) is 0. The zero-order chi connectivity index (χ0) is 19.3. The molecular weight excluding hydrogens is 349 g/mol. The van der Waals surface area contributed by atoms with Crippen molar-refractivity contribution in [3.63, 3.8) is 0 Å². The summed E-state index contributed by atoms with van der Waals surface area (Å²) in [6.07, 6.45) is -2.29. The Hall–Kier alpha value is -2.75. The maximum Gasteiger partial charge on any atom is 0.416 e. The first-order valence-electron chi connectivity index (χ1n) is 8.99. The van der Waals surface area contributed by atoms with E-state index in [1.165, 1.54) is 12.1 Å². The molecule has 1 nitrogen and oxygen atoms in total. The second-order valence-electron chi connectivity index (χ2n) is 6.35. The fourth-order valence-corrected chi connectivity index (χ4v) is 2.91. The lowest BCUT2D eigenvalue weighted by Crippen LogP contribution is -2.04. The van der Waals surface area contributed by atoms with E-state index in [-0.39, 0.29) is 0 Å². The molecule has 27 heavy (non-hydrogen) atoms. The second-order valence-corrected chi connectivity index (χ2v) is 6.35. The van der Waals surface area contributed by atoms with E-state index in [0.717, 1.165) is 41.3 Å². The molecule has 0 aliphatic carbocycles. The molecule has 140 valence electrons. The third-order valence-electron chi connectivity index (χ3n) is 4.36. The van der Waals surface area contributed by atoms with E-state index in [9.17, 15) is 13.2 Å². The van der Waals surface area contributed by atoms with E-state index in [0.29, 0.717) is 12.2 Å². The molecule has 0 heterocycles. The number of benzene rings is 3. The number of hydrogen-bond donors (Lipinski definition) is 0. The minimum Gasteiger partial charge on any atom is -0.494 e. The number of rotatable bonds is 6. The third-order valence-corrected chi connectivity index (χ3v) is 4.36. The first-order chi connectivity index (χ1) is 13.0. The van der Waals surface area contributed by atoms with Gasteiger partial charge in [0.15, 0.2) is 0 Å². The zero-order valence-corrected chi connectivity index (χ0v) is 15.1. The fourth-order valence-electron chi connectivity index (χ4n) is 2.91. The normalized spacial score (nSPS) is 11.4. The van der Waals surface area contributed by atoms with Gasteiger partial charge >= 0.3 is 6.18 Å². The van der Waals surface area contributed by atoms with Gasteiger partial charge in [-0.1, -0.05) is 61.9 Å². The van der Waals surface area contributed by atoms with Crippen LogP contribution in [-0.4, -0.2) is 6.61 Å². The Morgan fingerprint density at radius 2 is 1.44 bits per heavy atom. The Labute approximate surface area is 157 Å². The number of hydrogen-bond acceptors (Lipinski definition) is 1. The van der Waals surface area contributed by atoms with Crippen LogP contribution in [0.25, 0.3) is 22.3 Å². The lowest BCUT2D eigenvalue weighted by atomic mass is 9.93. The van der Waals surface area contributed by atoms with Crippen LogP contribution in [0.5, 0.6) is 5.75 Å². The summed E-state index contributed by atoms with van der Waals surface area (Å²) in [5.41, 5.74) is 2.49. The molecule has 0 unspecified atom stereocenters. The molecule has 0 aliphatic rings. The predicted octanol–water partition coefficient (Wildman–Crippen LogP) is 7.22. The van der Waals surface area contributed by atoms with E-state index in [4.69, 9.17) is 4.74 Å².